The lowest BCUT2D eigenvalue weighted by Crippen LogP contribution is -2.19. The second-order valence-corrected chi connectivity index (χ2v) is 4.42. The maximum absolute atomic E-state index is 13.4. The maximum atomic E-state index is 13.4. The summed E-state index contributed by atoms with van der Waals surface area (Å²) in [6, 6.07) is 7.55. The highest BCUT2D eigenvalue weighted by Gasteiger charge is 2.15. The molecule has 3 N–H and O–H groups in total. The number of hydrogen-bond acceptors (Lipinski definition) is 4. The summed E-state index contributed by atoms with van der Waals surface area (Å²) in [4.78, 5) is 18.1. The number of pyridine rings is 1. The smallest absolute Gasteiger partial charge is 0.257 e. The van der Waals surface area contributed by atoms with Crippen molar-refractivity contribution in [3.05, 3.63) is 47.9 Å². The van der Waals surface area contributed by atoms with E-state index in [2.05, 4.69) is 10.3 Å². The van der Waals surface area contributed by atoms with Gasteiger partial charge in [0.2, 0.25) is 0 Å². The minimum absolute atomic E-state index is 0.0959. The number of nitrogens with one attached hydrogen (secondary N) is 1. The predicted molar refractivity (Wildman–Crippen MR) is 77.3 cm³/mol. The molecule has 0 bridgehead atoms. The number of anilines is 3. The van der Waals surface area contributed by atoms with E-state index in [4.69, 9.17) is 5.73 Å². The zero-order chi connectivity index (χ0) is 14.7. The number of hydrogen-bond donors (Lipinski definition) is 2. The fourth-order valence-electron chi connectivity index (χ4n) is 1.78. The highest BCUT2D eigenvalue weighted by Crippen LogP contribution is 2.23. The summed E-state index contributed by atoms with van der Waals surface area (Å²) in [5.74, 6) is -0.481. The Labute approximate surface area is 116 Å². The number of rotatable bonds is 3. The monoisotopic (exact) mass is 274 g/mol. The Bertz CT molecular complexity index is 643. The molecule has 0 unspecified atom stereocenters. The van der Waals surface area contributed by atoms with Crippen LogP contribution in [-0.2, 0) is 0 Å². The molecule has 0 aliphatic carbocycles. The number of carbonyl (C=O) groups excluding carboxylic acids is 1. The summed E-state index contributed by atoms with van der Waals surface area (Å²) in [5, 5.41) is 2.69. The maximum Gasteiger partial charge on any atom is 0.257 e. The molecule has 0 saturated heterocycles. The van der Waals surface area contributed by atoms with Gasteiger partial charge in [-0.1, -0.05) is 6.07 Å². The van der Waals surface area contributed by atoms with Gasteiger partial charge < -0.3 is 16.0 Å². The van der Waals surface area contributed by atoms with Gasteiger partial charge in [0.25, 0.3) is 5.91 Å². The Morgan fingerprint density at radius 1 is 1.30 bits per heavy atom. The van der Waals surface area contributed by atoms with Gasteiger partial charge in [-0.05, 0) is 24.3 Å². The van der Waals surface area contributed by atoms with E-state index >= 15 is 0 Å². The number of nitrogen functional groups attached to an aromatic ring is 1. The average molecular weight is 274 g/mol. The molecule has 1 aromatic heterocycles. The summed E-state index contributed by atoms with van der Waals surface area (Å²) in [5.41, 5.74) is 6.04. The van der Waals surface area contributed by atoms with Crippen LogP contribution in [0.2, 0.25) is 0 Å². The zero-order valence-corrected chi connectivity index (χ0v) is 11.2. The van der Waals surface area contributed by atoms with E-state index in [0.29, 0.717) is 11.5 Å². The van der Waals surface area contributed by atoms with Crippen LogP contribution in [-0.4, -0.2) is 25.0 Å². The van der Waals surface area contributed by atoms with Gasteiger partial charge in [0.15, 0.2) is 5.82 Å². The third-order valence-electron chi connectivity index (χ3n) is 2.76. The summed E-state index contributed by atoms with van der Waals surface area (Å²) in [7, 11) is 3.63. The van der Waals surface area contributed by atoms with Crippen LogP contribution >= 0.6 is 0 Å². The molecule has 1 amide bonds. The third kappa shape index (κ3) is 2.69. The van der Waals surface area contributed by atoms with Crippen LogP contribution in [0.4, 0.5) is 21.6 Å². The second-order valence-electron chi connectivity index (χ2n) is 4.42. The minimum Gasteiger partial charge on any atom is -0.396 e. The first-order chi connectivity index (χ1) is 9.50. The molecular formula is C14H15FN4O. The summed E-state index contributed by atoms with van der Waals surface area (Å²) < 4.78 is 13.4. The number of carbonyl (C=O) groups is 1. The highest BCUT2D eigenvalue weighted by atomic mass is 19.1. The van der Waals surface area contributed by atoms with Gasteiger partial charge in [-0.15, -0.1) is 0 Å². The molecule has 0 fully saturated rings. The number of halogens is 1. The van der Waals surface area contributed by atoms with E-state index in [1.807, 2.05) is 14.1 Å². The van der Waals surface area contributed by atoms with Gasteiger partial charge >= 0.3 is 0 Å². The quantitative estimate of drug-likeness (QED) is 0.841. The molecule has 20 heavy (non-hydrogen) atoms. The second kappa shape index (κ2) is 5.56. The molecule has 0 atom stereocenters. The van der Waals surface area contributed by atoms with E-state index in [-0.39, 0.29) is 11.3 Å². The molecule has 6 heteroatoms. The van der Waals surface area contributed by atoms with Crippen molar-refractivity contribution in [3.63, 3.8) is 0 Å². The van der Waals surface area contributed by atoms with Gasteiger partial charge in [-0.2, -0.15) is 0 Å². The molecule has 0 aliphatic heterocycles. The molecule has 0 aliphatic rings. The Hall–Kier alpha value is -2.63. The topological polar surface area (TPSA) is 71.2 Å². The van der Waals surface area contributed by atoms with E-state index < -0.39 is 11.7 Å². The van der Waals surface area contributed by atoms with Crippen molar-refractivity contribution in [1.82, 2.24) is 4.98 Å². The van der Waals surface area contributed by atoms with Gasteiger partial charge in [-0.25, -0.2) is 9.37 Å². The number of aromatic nitrogens is 1. The van der Waals surface area contributed by atoms with E-state index in [9.17, 15) is 9.18 Å². The molecule has 1 heterocycles. The summed E-state index contributed by atoms with van der Waals surface area (Å²) in [6.45, 7) is 0. The van der Waals surface area contributed by atoms with Gasteiger partial charge in [0, 0.05) is 20.3 Å². The molecule has 0 radical (unpaired) electrons. The van der Waals surface area contributed by atoms with Crippen molar-refractivity contribution in [1.29, 1.82) is 0 Å². The average Bonchev–Trinajstić information content (AvgIpc) is 2.42. The molecule has 5 nitrogen and oxygen atoms in total. The van der Waals surface area contributed by atoms with Crippen molar-refractivity contribution < 1.29 is 9.18 Å². The van der Waals surface area contributed by atoms with Gasteiger partial charge in [-0.3, -0.25) is 4.79 Å². The number of amides is 1. The van der Waals surface area contributed by atoms with Crippen molar-refractivity contribution in [3.8, 4) is 0 Å². The first kappa shape index (κ1) is 13.8. The van der Waals surface area contributed by atoms with Crippen molar-refractivity contribution in [2.75, 3.05) is 30.0 Å². The van der Waals surface area contributed by atoms with Crippen LogP contribution in [0, 0.1) is 5.82 Å². The number of nitrogens with zero attached hydrogens (tertiary/aromatic N) is 2. The molecule has 0 saturated carbocycles. The molecule has 104 valence electrons. The van der Waals surface area contributed by atoms with E-state index in [1.165, 1.54) is 18.2 Å². The highest BCUT2D eigenvalue weighted by molar-refractivity contribution is 6.08. The number of benzene rings is 1. The molecule has 2 aromatic rings. The lowest BCUT2D eigenvalue weighted by molar-refractivity contribution is 0.102. The largest absolute Gasteiger partial charge is 0.396 e. The van der Waals surface area contributed by atoms with E-state index in [1.54, 1.807) is 23.2 Å². The Kier molecular flexibility index (Phi) is 3.84. The lowest BCUT2D eigenvalue weighted by atomic mass is 10.1. The van der Waals surface area contributed by atoms with Gasteiger partial charge in [0.1, 0.15) is 5.82 Å². The Morgan fingerprint density at radius 2 is 2.05 bits per heavy atom. The van der Waals surface area contributed by atoms with Gasteiger partial charge in [0.05, 0.1) is 16.9 Å². The molecule has 2 rings (SSSR count). The van der Waals surface area contributed by atoms with E-state index in [0.717, 1.165) is 0 Å². The fourth-order valence-corrected chi connectivity index (χ4v) is 1.78. The van der Waals surface area contributed by atoms with Crippen molar-refractivity contribution in [2.24, 2.45) is 0 Å². The standard InChI is InChI=1S/C14H15FN4O/c1-19(2)13-11(7-4-8-17-13)18-14(20)9-5-3-6-10(15)12(9)16/h3-8H,16H2,1-2H3,(H,18,20). The number of nitrogens with two attached hydrogens (primary N) is 1. The Balaban J connectivity index is 2.31. The van der Waals surface area contributed by atoms with Crippen LogP contribution in [0.25, 0.3) is 0 Å². The fraction of sp³-hybridized carbons (Fsp3) is 0.143. The summed E-state index contributed by atoms with van der Waals surface area (Å²) >= 11 is 0. The minimum atomic E-state index is -0.614. The lowest BCUT2D eigenvalue weighted by Gasteiger charge is -2.16. The predicted octanol–water partition coefficient (Wildman–Crippen LogP) is 2.12. The summed E-state index contributed by atoms with van der Waals surface area (Å²) in [6.07, 6.45) is 1.63. The van der Waals surface area contributed by atoms with Crippen LogP contribution in [0.3, 0.4) is 0 Å². The van der Waals surface area contributed by atoms with Crippen molar-refractivity contribution in [2.45, 2.75) is 0 Å². The molecular weight excluding hydrogens is 259 g/mol. The SMILES string of the molecule is CN(C)c1ncccc1NC(=O)c1cccc(F)c1N. The first-order valence-corrected chi connectivity index (χ1v) is 5.98. The normalized spacial score (nSPS) is 10.2. The van der Waals surface area contributed by atoms with Crippen molar-refractivity contribution >= 4 is 23.1 Å². The Morgan fingerprint density at radius 3 is 2.75 bits per heavy atom. The molecule has 0 spiro atoms. The third-order valence-corrected chi connectivity index (χ3v) is 2.76. The first-order valence-electron chi connectivity index (χ1n) is 5.98. The van der Waals surface area contributed by atoms with Crippen LogP contribution in [0.15, 0.2) is 36.5 Å². The zero-order valence-electron chi connectivity index (χ0n) is 11.2. The van der Waals surface area contributed by atoms with Crippen LogP contribution < -0.4 is 16.0 Å². The van der Waals surface area contributed by atoms with Crippen LogP contribution in [0.1, 0.15) is 10.4 Å². The van der Waals surface area contributed by atoms with Crippen LogP contribution in [0.5, 0.6) is 0 Å². The molecule has 1 aromatic carbocycles. The number of para-hydroxylation sites is 1.